The molecule has 74 valence electrons. The highest BCUT2D eigenvalue weighted by molar-refractivity contribution is 6.13. The first-order valence-corrected chi connectivity index (χ1v) is 4.66. The number of phenolic OH excluding ortho intramolecular Hbond substituents is 1. The lowest BCUT2D eigenvalue weighted by Crippen LogP contribution is -1.83. The van der Waals surface area contributed by atoms with Gasteiger partial charge in [0.1, 0.15) is 16.9 Å². The minimum atomic E-state index is 0.198. The van der Waals surface area contributed by atoms with Gasteiger partial charge in [-0.2, -0.15) is 0 Å². The molecule has 0 spiro atoms. The summed E-state index contributed by atoms with van der Waals surface area (Å²) >= 11 is 0. The van der Waals surface area contributed by atoms with Crippen LogP contribution in [-0.4, -0.2) is 5.11 Å². The summed E-state index contributed by atoms with van der Waals surface area (Å²) in [5.74, 6) is 0.198. The second-order valence-electron chi connectivity index (χ2n) is 3.47. The van der Waals surface area contributed by atoms with Gasteiger partial charge < -0.3 is 15.3 Å². The molecule has 0 aliphatic heterocycles. The predicted octanol–water partition coefficient (Wildman–Crippen LogP) is 2.87. The van der Waals surface area contributed by atoms with Crippen molar-refractivity contribution in [3.05, 3.63) is 36.4 Å². The predicted molar refractivity (Wildman–Crippen MR) is 59.8 cm³/mol. The number of nitrogens with two attached hydrogens (primary N) is 1. The van der Waals surface area contributed by atoms with Crippen LogP contribution in [0.3, 0.4) is 0 Å². The molecule has 3 nitrogen and oxygen atoms in total. The second kappa shape index (κ2) is 2.67. The third-order valence-corrected chi connectivity index (χ3v) is 2.53. The van der Waals surface area contributed by atoms with Gasteiger partial charge in [0, 0.05) is 5.69 Å². The molecule has 0 radical (unpaired) electrons. The van der Waals surface area contributed by atoms with E-state index in [9.17, 15) is 5.11 Å². The maximum atomic E-state index is 9.77. The molecule has 0 atom stereocenters. The van der Waals surface area contributed by atoms with Gasteiger partial charge >= 0.3 is 0 Å². The Morgan fingerprint density at radius 2 is 1.60 bits per heavy atom. The van der Waals surface area contributed by atoms with Gasteiger partial charge in [-0.15, -0.1) is 0 Å². The van der Waals surface area contributed by atoms with Gasteiger partial charge in [-0.3, -0.25) is 0 Å². The average Bonchev–Trinajstić information content (AvgIpc) is 2.58. The molecule has 3 N–H and O–H groups in total. The summed E-state index contributed by atoms with van der Waals surface area (Å²) < 4.78 is 5.57. The van der Waals surface area contributed by atoms with E-state index in [4.69, 9.17) is 10.2 Å². The fraction of sp³-hybridized carbons (Fsp3) is 0. The van der Waals surface area contributed by atoms with Crippen LogP contribution in [0.25, 0.3) is 21.9 Å². The van der Waals surface area contributed by atoms with Crippen LogP contribution in [0.4, 0.5) is 5.69 Å². The zero-order valence-corrected chi connectivity index (χ0v) is 7.90. The summed E-state index contributed by atoms with van der Waals surface area (Å²) in [6.07, 6.45) is 0. The number of hydrogen-bond acceptors (Lipinski definition) is 3. The van der Waals surface area contributed by atoms with E-state index in [1.54, 1.807) is 18.2 Å². The van der Waals surface area contributed by atoms with Gasteiger partial charge in [0.15, 0.2) is 0 Å². The van der Waals surface area contributed by atoms with Crippen LogP contribution in [0, 0.1) is 0 Å². The standard InChI is InChI=1S/C12H9NO2/c13-7-3-1-5-9-11(7)12-8(14)4-2-6-10(12)15-9/h1-6,14H,13H2. The summed E-state index contributed by atoms with van der Waals surface area (Å²) in [7, 11) is 0. The number of fused-ring (bicyclic) bond motifs is 3. The Kier molecular flexibility index (Phi) is 1.45. The molecule has 3 aromatic rings. The van der Waals surface area contributed by atoms with Crippen molar-refractivity contribution in [2.75, 3.05) is 5.73 Å². The molecule has 1 heterocycles. The number of benzene rings is 2. The van der Waals surface area contributed by atoms with Crippen LogP contribution in [0.1, 0.15) is 0 Å². The van der Waals surface area contributed by atoms with Crippen LogP contribution in [0.2, 0.25) is 0 Å². The van der Waals surface area contributed by atoms with E-state index in [1.807, 2.05) is 18.2 Å². The number of furan rings is 1. The monoisotopic (exact) mass is 199 g/mol. The molecule has 0 aliphatic rings. The normalized spacial score (nSPS) is 11.2. The Labute approximate surface area is 85.7 Å². The first kappa shape index (κ1) is 8.17. The van der Waals surface area contributed by atoms with Crippen molar-refractivity contribution in [2.45, 2.75) is 0 Å². The Bertz CT molecular complexity index is 599. The molecule has 0 saturated heterocycles. The summed E-state index contributed by atoms with van der Waals surface area (Å²) in [4.78, 5) is 0. The van der Waals surface area contributed by atoms with E-state index < -0.39 is 0 Å². The summed E-state index contributed by atoms with van der Waals surface area (Å²) in [6.45, 7) is 0. The lowest BCUT2D eigenvalue weighted by atomic mass is 10.1. The van der Waals surface area contributed by atoms with Crippen molar-refractivity contribution in [3.8, 4) is 5.75 Å². The molecule has 1 aromatic heterocycles. The maximum absolute atomic E-state index is 9.77. The highest BCUT2D eigenvalue weighted by Crippen LogP contribution is 2.37. The fourth-order valence-electron chi connectivity index (χ4n) is 1.88. The summed E-state index contributed by atoms with van der Waals surface area (Å²) in [5.41, 5.74) is 7.84. The Morgan fingerprint density at radius 3 is 2.40 bits per heavy atom. The van der Waals surface area contributed by atoms with Crippen LogP contribution >= 0.6 is 0 Å². The Hall–Kier alpha value is -2.16. The topological polar surface area (TPSA) is 59.4 Å². The van der Waals surface area contributed by atoms with Crippen LogP contribution in [0.5, 0.6) is 5.75 Å². The molecule has 0 bridgehead atoms. The Morgan fingerprint density at radius 1 is 0.933 bits per heavy atom. The van der Waals surface area contributed by atoms with Crippen molar-refractivity contribution in [2.24, 2.45) is 0 Å². The lowest BCUT2D eigenvalue weighted by molar-refractivity contribution is 0.481. The molecule has 0 saturated carbocycles. The van der Waals surface area contributed by atoms with Crippen molar-refractivity contribution in [1.29, 1.82) is 0 Å². The minimum absolute atomic E-state index is 0.198. The SMILES string of the molecule is Nc1cccc2oc3cccc(O)c3c12. The molecule has 0 amide bonds. The largest absolute Gasteiger partial charge is 0.507 e. The molecule has 0 aliphatic carbocycles. The van der Waals surface area contributed by atoms with Gasteiger partial charge in [0.05, 0.1) is 10.8 Å². The highest BCUT2D eigenvalue weighted by atomic mass is 16.3. The fourth-order valence-corrected chi connectivity index (χ4v) is 1.88. The number of nitrogen functional groups attached to an aromatic ring is 1. The van der Waals surface area contributed by atoms with Gasteiger partial charge in [0.2, 0.25) is 0 Å². The van der Waals surface area contributed by atoms with E-state index in [0.717, 1.165) is 5.39 Å². The zero-order valence-electron chi connectivity index (χ0n) is 7.90. The number of hydrogen-bond donors (Lipinski definition) is 2. The summed E-state index contributed by atoms with van der Waals surface area (Å²) in [5, 5.41) is 11.2. The number of phenols is 1. The molecule has 2 aromatic carbocycles. The number of aromatic hydroxyl groups is 1. The smallest absolute Gasteiger partial charge is 0.139 e. The van der Waals surface area contributed by atoms with E-state index >= 15 is 0 Å². The van der Waals surface area contributed by atoms with Crippen molar-refractivity contribution in [3.63, 3.8) is 0 Å². The van der Waals surface area contributed by atoms with Crippen molar-refractivity contribution in [1.82, 2.24) is 0 Å². The summed E-state index contributed by atoms with van der Waals surface area (Å²) in [6, 6.07) is 10.7. The molecule has 0 fully saturated rings. The molecule has 3 rings (SSSR count). The second-order valence-corrected chi connectivity index (χ2v) is 3.47. The van der Waals surface area contributed by atoms with E-state index in [1.165, 1.54) is 0 Å². The van der Waals surface area contributed by atoms with E-state index in [0.29, 0.717) is 22.2 Å². The molecule has 0 unspecified atom stereocenters. The van der Waals surface area contributed by atoms with Gasteiger partial charge in [-0.1, -0.05) is 12.1 Å². The Balaban J connectivity index is 2.67. The average molecular weight is 199 g/mol. The molecule has 3 heteroatoms. The van der Waals surface area contributed by atoms with Crippen LogP contribution < -0.4 is 5.73 Å². The minimum Gasteiger partial charge on any atom is -0.507 e. The number of rotatable bonds is 0. The van der Waals surface area contributed by atoms with Crippen molar-refractivity contribution >= 4 is 27.6 Å². The molecular weight excluding hydrogens is 190 g/mol. The van der Waals surface area contributed by atoms with Crippen molar-refractivity contribution < 1.29 is 9.52 Å². The lowest BCUT2D eigenvalue weighted by Gasteiger charge is -1.96. The zero-order chi connectivity index (χ0) is 10.4. The van der Waals surface area contributed by atoms with E-state index in [-0.39, 0.29) is 5.75 Å². The van der Waals surface area contributed by atoms with Gasteiger partial charge in [-0.25, -0.2) is 0 Å². The maximum Gasteiger partial charge on any atom is 0.139 e. The van der Waals surface area contributed by atoms with E-state index in [2.05, 4.69) is 0 Å². The quantitative estimate of drug-likeness (QED) is 0.547. The number of anilines is 1. The first-order valence-electron chi connectivity index (χ1n) is 4.66. The van der Waals surface area contributed by atoms with Gasteiger partial charge in [0.25, 0.3) is 0 Å². The first-order chi connectivity index (χ1) is 7.27. The third kappa shape index (κ3) is 1.00. The van der Waals surface area contributed by atoms with Crippen LogP contribution in [-0.2, 0) is 0 Å². The molecular formula is C12H9NO2. The third-order valence-electron chi connectivity index (χ3n) is 2.53. The van der Waals surface area contributed by atoms with Crippen LogP contribution in [0.15, 0.2) is 40.8 Å². The van der Waals surface area contributed by atoms with Gasteiger partial charge in [-0.05, 0) is 24.3 Å². The highest BCUT2D eigenvalue weighted by Gasteiger charge is 2.11. The molecule has 15 heavy (non-hydrogen) atoms.